The van der Waals surface area contributed by atoms with E-state index in [1.165, 1.54) is 21.9 Å². The number of thiophene rings is 1. The van der Waals surface area contributed by atoms with Crippen molar-refractivity contribution in [3.8, 4) is 5.75 Å². The monoisotopic (exact) mass is 514 g/mol. The zero-order valence-corrected chi connectivity index (χ0v) is 21.0. The number of rotatable bonds is 8. The van der Waals surface area contributed by atoms with Crippen molar-refractivity contribution in [2.24, 2.45) is 0 Å². The highest BCUT2D eigenvalue weighted by Crippen LogP contribution is 2.32. The highest BCUT2D eigenvalue weighted by molar-refractivity contribution is 7.92. The minimum absolute atomic E-state index is 0.174. The molecular formula is C25H23ClN2O4S2. The van der Waals surface area contributed by atoms with Crippen LogP contribution >= 0.6 is 22.9 Å². The Morgan fingerprint density at radius 3 is 2.50 bits per heavy atom. The molecule has 0 saturated heterocycles. The zero-order chi connectivity index (χ0) is 24.3. The molecule has 34 heavy (non-hydrogen) atoms. The van der Waals surface area contributed by atoms with E-state index in [0.29, 0.717) is 33.6 Å². The topological polar surface area (TPSA) is 75.7 Å². The molecule has 0 radical (unpaired) electrons. The van der Waals surface area contributed by atoms with Crippen molar-refractivity contribution in [2.75, 3.05) is 22.5 Å². The molecule has 0 aliphatic carbocycles. The fraction of sp³-hybridized carbons (Fsp3) is 0.160. The van der Waals surface area contributed by atoms with Crippen LogP contribution in [0.3, 0.4) is 0 Å². The molecule has 1 amide bonds. The Labute approximate surface area is 207 Å². The number of fused-ring (bicyclic) bond motifs is 1. The van der Waals surface area contributed by atoms with E-state index in [1.807, 2.05) is 25.1 Å². The number of carbonyl (C=O) groups is 1. The summed E-state index contributed by atoms with van der Waals surface area (Å²) < 4.78 is 32.9. The number of ether oxygens (including phenoxy) is 1. The second-order valence-corrected chi connectivity index (χ2v) is 11.0. The number of nitrogens with one attached hydrogen (secondary N) is 1. The number of para-hydroxylation sites is 2. The second-order valence-electron chi connectivity index (χ2n) is 7.61. The van der Waals surface area contributed by atoms with Gasteiger partial charge in [-0.05, 0) is 66.4 Å². The lowest BCUT2D eigenvalue weighted by molar-refractivity contribution is 0.103. The molecule has 0 bridgehead atoms. The average Bonchev–Trinajstić information content (AvgIpc) is 3.23. The van der Waals surface area contributed by atoms with Crippen molar-refractivity contribution in [1.82, 2.24) is 0 Å². The summed E-state index contributed by atoms with van der Waals surface area (Å²) in [5, 5.41) is 4.28. The maximum absolute atomic E-state index is 12.9. The van der Waals surface area contributed by atoms with E-state index in [2.05, 4.69) is 5.32 Å². The van der Waals surface area contributed by atoms with E-state index in [4.69, 9.17) is 16.3 Å². The number of amides is 1. The smallest absolute Gasteiger partial charge is 0.265 e. The van der Waals surface area contributed by atoms with Gasteiger partial charge in [0, 0.05) is 9.72 Å². The van der Waals surface area contributed by atoms with Gasteiger partial charge in [0.25, 0.3) is 5.91 Å². The maximum Gasteiger partial charge on any atom is 0.265 e. The number of hydrogen-bond donors (Lipinski definition) is 1. The predicted octanol–water partition coefficient (Wildman–Crippen LogP) is 6.17. The van der Waals surface area contributed by atoms with Crippen LogP contribution in [0.1, 0.15) is 22.2 Å². The van der Waals surface area contributed by atoms with Gasteiger partial charge < -0.3 is 10.1 Å². The second kappa shape index (κ2) is 10.0. The lowest BCUT2D eigenvalue weighted by Gasteiger charge is -2.22. The van der Waals surface area contributed by atoms with Crippen molar-refractivity contribution < 1.29 is 17.9 Å². The van der Waals surface area contributed by atoms with Crippen molar-refractivity contribution in [1.29, 1.82) is 0 Å². The molecular weight excluding hydrogens is 492 g/mol. The van der Waals surface area contributed by atoms with Crippen LogP contribution in [-0.4, -0.2) is 27.2 Å². The molecule has 0 saturated carbocycles. The van der Waals surface area contributed by atoms with E-state index in [-0.39, 0.29) is 12.5 Å². The molecule has 1 N–H and O–H groups in total. The van der Waals surface area contributed by atoms with Crippen molar-refractivity contribution >= 4 is 60.3 Å². The molecule has 4 rings (SSSR count). The Hall–Kier alpha value is -3.07. The number of carbonyl (C=O) groups excluding carboxylic acids is 1. The van der Waals surface area contributed by atoms with Crippen molar-refractivity contribution in [2.45, 2.75) is 13.5 Å². The Balaban J connectivity index is 1.62. The Morgan fingerprint density at radius 2 is 1.79 bits per heavy atom. The fourth-order valence-electron chi connectivity index (χ4n) is 3.49. The molecule has 0 unspecified atom stereocenters. The SMILES string of the molecule is CCOc1ccccc1NC(=O)c1cc2cc(N(Cc3ccc(Cl)cc3)S(C)(=O)=O)ccc2s1. The van der Waals surface area contributed by atoms with Gasteiger partial charge in [-0.1, -0.05) is 35.9 Å². The first-order valence-corrected chi connectivity index (χ1v) is 13.6. The van der Waals surface area contributed by atoms with Gasteiger partial charge in [0.1, 0.15) is 5.75 Å². The lowest BCUT2D eigenvalue weighted by Crippen LogP contribution is -2.29. The van der Waals surface area contributed by atoms with Gasteiger partial charge in [0.2, 0.25) is 10.0 Å². The van der Waals surface area contributed by atoms with E-state index in [0.717, 1.165) is 15.6 Å². The summed E-state index contributed by atoms with van der Waals surface area (Å²) in [5.41, 5.74) is 1.93. The Morgan fingerprint density at radius 1 is 1.06 bits per heavy atom. The van der Waals surface area contributed by atoms with Crippen LogP contribution < -0.4 is 14.4 Å². The normalized spacial score (nSPS) is 11.4. The third-order valence-corrected chi connectivity index (χ3v) is 7.59. The first-order chi connectivity index (χ1) is 16.2. The molecule has 0 atom stereocenters. The fourth-order valence-corrected chi connectivity index (χ4v) is 5.43. The molecule has 0 fully saturated rings. The number of sulfonamides is 1. The standard InChI is InChI=1S/C25H23ClN2O4S2/c1-3-32-22-7-5-4-6-21(22)27-25(29)24-15-18-14-20(12-13-23(18)33-24)28(34(2,30)31)16-17-8-10-19(26)11-9-17/h4-15H,3,16H2,1-2H3,(H,27,29). The first-order valence-electron chi connectivity index (χ1n) is 10.5. The van der Waals surface area contributed by atoms with Crippen LogP contribution in [0, 0.1) is 0 Å². The number of hydrogen-bond acceptors (Lipinski definition) is 5. The van der Waals surface area contributed by atoms with Crippen LogP contribution in [0.4, 0.5) is 11.4 Å². The molecule has 1 aromatic heterocycles. The van der Waals surface area contributed by atoms with Crippen LogP contribution in [0.5, 0.6) is 5.75 Å². The molecule has 1 heterocycles. The van der Waals surface area contributed by atoms with Gasteiger partial charge in [-0.15, -0.1) is 11.3 Å². The maximum atomic E-state index is 12.9. The van der Waals surface area contributed by atoms with Crippen LogP contribution in [0.2, 0.25) is 5.02 Å². The molecule has 6 nitrogen and oxygen atoms in total. The predicted molar refractivity (Wildman–Crippen MR) is 140 cm³/mol. The molecule has 0 spiro atoms. The van der Waals surface area contributed by atoms with Crippen molar-refractivity contribution in [3.05, 3.63) is 88.3 Å². The Kier molecular flexibility index (Phi) is 7.11. The third kappa shape index (κ3) is 5.52. The van der Waals surface area contributed by atoms with Gasteiger partial charge >= 0.3 is 0 Å². The van der Waals surface area contributed by atoms with Gasteiger partial charge in [-0.2, -0.15) is 0 Å². The summed E-state index contributed by atoms with van der Waals surface area (Å²) in [5.74, 6) is 0.351. The molecule has 176 valence electrons. The highest BCUT2D eigenvalue weighted by Gasteiger charge is 2.20. The van der Waals surface area contributed by atoms with Gasteiger partial charge in [0.05, 0.1) is 35.7 Å². The summed E-state index contributed by atoms with van der Waals surface area (Å²) >= 11 is 7.30. The minimum atomic E-state index is -3.54. The summed E-state index contributed by atoms with van der Waals surface area (Å²) in [4.78, 5) is 13.4. The van der Waals surface area contributed by atoms with Crippen LogP contribution in [0.25, 0.3) is 10.1 Å². The molecule has 4 aromatic rings. The number of nitrogens with zero attached hydrogens (tertiary/aromatic N) is 1. The largest absolute Gasteiger partial charge is 0.492 e. The summed E-state index contributed by atoms with van der Waals surface area (Å²) in [6, 6.07) is 21.5. The molecule has 0 aliphatic heterocycles. The van der Waals surface area contributed by atoms with E-state index < -0.39 is 10.0 Å². The molecule has 3 aromatic carbocycles. The van der Waals surface area contributed by atoms with Crippen molar-refractivity contribution in [3.63, 3.8) is 0 Å². The zero-order valence-electron chi connectivity index (χ0n) is 18.6. The molecule has 9 heteroatoms. The van der Waals surface area contributed by atoms with E-state index >= 15 is 0 Å². The highest BCUT2D eigenvalue weighted by atomic mass is 35.5. The van der Waals surface area contributed by atoms with E-state index in [1.54, 1.807) is 54.6 Å². The summed E-state index contributed by atoms with van der Waals surface area (Å²) in [6.07, 6.45) is 1.18. The van der Waals surface area contributed by atoms with Crippen LogP contribution in [-0.2, 0) is 16.6 Å². The van der Waals surface area contributed by atoms with Gasteiger partial charge in [-0.3, -0.25) is 9.10 Å². The Bertz CT molecular complexity index is 1430. The van der Waals surface area contributed by atoms with E-state index in [9.17, 15) is 13.2 Å². The number of halogens is 1. The van der Waals surface area contributed by atoms with Crippen LogP contribution in [0.15, 0.2) is 72.8 Å². The first kappa shape index (κ1) is 24.1. The third-order valence-electron chi connectivity index (χ3n) is 5.09. The minimum Gasteiger partial charge on any atom is -0.492 e. The summed E-state index contributed by atoms with van der Waals surface area (Å²) in [7, 11) is -3.54. The number of benzene rings is 3. The number of anilines is 2. The van der Waals surface area contributed by atoms with Gasteiger partial charge in [-0.25, -0.2) is 8.42 Å². The summed E-state index contributed by atoms with van der Waals surface area (Å²) in [6.45, 7) is 2.55. The molecule has 0 aliphatic rings. The average molecular weight is 515 g/mol. The quantitative estimate of drug-likeness (QED) is 0.305. The lowest BCUT2D eigenvalue weighted by atomic mass is 10.2. The van der Waals surface area contributed by atoms with Gasteiger partial charge in [0.15, 0.2) is 0 Å².